The summed E-state index contributed by atoms with van der Waals surface area (Å²) in [4.78, 5) is 11.3. The van der Waals surface area contributed by atoms with Crippen molar-refractivity contribution in [3.63, 3.8) is 0 Å². The molecule has 7 heteroatoms. The van der Waals surface area contributed by atoms with Crippen LogP contribution in [0.4, 0.5) is 5.69 Å². The molecule has 0 atom stereocenters. The Morgan fingerprint density at radius 2 is 1.65 bits per heavy atom. The first-order valence-corrected chi connectivity index (χ1v) is 8.04. The van der Waals surface area contributed by atoms with Gasteiger partial charge in [-0.05, 0) is 49.9 Å². The minimum absolute atomic E-state index is 0.132. The minimum atomic E-state index is -3.54. The molecule has 110 valence electrons. The number of nitrogen functional groups attached to an aromatic ring is 1. The van der Waals surface area contributed by atoms with Gasteiger partial charge in [0.15, 0.2) is 0 Å². The van der Waals surface area contributed by atoms with Crippen LogP contribution in [0.5, 0.6) is 0 Å². The molecule has 1 amide bonds. The summed E-state index contributed by atoms with van der Waals surface area (Å²) in [5.41, 5.74) is 11.3. The van der Waals surface area contributed by atoms with E-state index in [4.69, 9.17) is 11.5 Å². The van der Waals surface area contributed by atoms with Crippen molar-refractivity contribution in [3.8, 4) is 0 Å². The minimum Gasteiger partial charge on any atom is -0.399 e. The maximum absolute atomic E-state index is 12.2. The highest BCUT2D eigenvalue weighted by molar-refractivity contribution is 7.89. The van der Waals surface area contributed by atoms with Gasteiger partial charge in [0.1, 0.15) is 0 Å². The number of carbonyl (C=O) groups excluding carboxylic acids is 1. The molecule has 6 nitrogen and oxygen atoms in total. The number of nitrogens with two attached hydrogens (primary N) is 2. The molecule has 0 heterocycles. The second-order valence-corrected chi connectivity index (χ2v) is 6.86. The molecule has 1 aromatic rings. The van der Waals surface area contributed by atoms with Gasteiger partial charge in [0, 0.05) is 17.6 Å². The third-order valence-electron chi connectivity index (χ3n) is 3.64. The van der Waals surface area contributed by atoms with Crippen molar-refractivity contribution < 1.29 is 13.2 Å². The smallest absolute Gasteiger partial charge is 0.240 e. The highest BCUT2D eigenvalue weighted by Crippen LogP contribution is 2.25. The summed E-state index contributed by atoms with van der Waals surface area (Å²) in [6.45, 7) is 0. The Labute approximate surface area is 118 Å². The zero-order valence-corrected chi connectivity index (χ0v) is 11.9. The fourth-order valence-corrected chi connectivity index (χ4v) is 3.74. The molecule has 0 radical (unpaired) electrons. The van der Waals surface area contributed by atoms with E-state index in [1.54, 1.807) is 12.1 Å². The van der Waals surface area contributed by atoms with Crippen LogP contribution in [0.1, 0.15) is 25.7 Å². The van der Waals surface area contributed by atoms with Gasteiger partial charge in [-0.3, -0.25) is 4.79 Å². The van der Waals surface area contributed by atoms with Gasteiger partial charge >= 0.3 is 0 Å². The predicted molar refractivity (Wildman–Crippen MR) is 76.1 cm³/mol. The standard InChI is InChI=1S/C13H19N3O3S/c14-10-3-7-12(8-4-10)20(18,19)16-11-5-1-9(2-6-11)13(15)17/h3-4,7-9,11,16H,1-2,5-6,14H2,(H2,15,17). The van der Waals surface area contributed by atoms with Gasteiger partial charge in [0.2, 0.25) is 15.9 Å². The van der Waals surface area contributed by atoms with Crippen LogP contribution in [-0.4, -0.2) is 20.4 Å². The van der Waals surface area contributed by atoms with Crippen molar-refractivity contribution in [1.29, 1.82) is 0 Å². The molecular weight excluding hydrogens is 278 g/mol. The Morgan fingerprint density at radius 1 is 1.10 bits per heavy atom. The van der Waals surface area contributed by atoms with Gasteiger partial charge in [-0.15, -0.1) is 0 Å². The first-order valence-electron chi connectivity index (χ1n) is 6.55. The Kier molecular flexibility index (Phi) is 4.29. The van der Waals surface area contributed by atoms with E-state index >= 15 is 0 Å². The molecule has 1 saturated carbocycles. The molecule has 1 fully saturated rings. The first kappa shape index (κ1) is 14.8. The van der Waals surface area contributed by atoms with Crippen molar-refractivity contribution in [3.05, 3.63) is 24.3 Å². The molecule has 0 saturated heterocycles. The molecule has 1 aromatic carbocycles. The Bertz CT molecular complexity index is 575. The van der Waals surface area contributed by atoms with Gasteiger partial charge in [-0.1, -0.05) is 0 Å². The second-order valence-electron chi connectivity index (χ2n) is 5.14. The average Bonchev–Trinajstić information content (AvgIpc) is 2.39. The summed E-state index contributed by atoms with van der Waals surface area (Å²) in [5, 5.41) is 0. The lowest BCUT2D eigenvalue weighted by molar-refractivity contribution is -0.122. The zero-order valence-electron chi connectivity index (χ0n) is 11.1. The van der Waals surface area contributed by atoms with E-state index in [0.717, 1.165) is 0 Å². The van der Waals surface area contributed by atoms with E-state index in [1.165, 1.54) is 12.1 Å². The van der Waals surface area contributed by atoms with Crippen LogP contribution >= 0.6 is 0 Å². The van der Waals surface area contributed by atoms with Gasteiger partial charge in [-0.2, -0.15) is 0 Å². The maximum atomic E-state index is 12.2. The molecule has 0 aromatic heterocycles. The Morgan fingerprint density at radius 3 is 2.15 bits per heavy atom. The molecule has 1 aliphatic rings. The second kappa shape index (κ2) is 5.80. The summed E-state index contributed by atoms with van der Waals surface area (Å²) in [6, 6.07) is 5.92. The van der Waals surface area contributed by atoms with Gasteiger partial charge in [0.05, 0.1) is 4.90 Å². The molecular formula is C13H19N3O3S. The number of hydrogen-bond donors (Lipinski definition) is 3. The van der Waals surface area contributed by atoms with Crippen molar-refractivity contribution in [1.82, 2.24) is 4.72 Å². The van der Waals surface area contributed by atoms with Crippen molar-refractivity contribution in [2.45, 2.75) is 36.6 Å². The largest absolute Gasteiger partial charge is 0.399 e. The quantitative estimate of drug-likeness (QED) is 0.705. The normalized spacial score (nSPS) is 23.4. The SMILES string of the molecule is NC(=O)C1CCC(NS(=O)(=O)c2ccc(N)cc2)CC1. The van der Waals surface area contributed by atoms with E-state index in [0.29, 0.717) is 31.4 Å². The summed E-state index contributed by atoms with van der Waals surface area (Å²) in [7, 11) is -3.54. The van der Waals surface area contributed by atoms with Crippen LogP contribution in [-0.2, 0) is 14.8 Å². The highest BCUT2D eigenvalue weighted by atomic mass is 32.2. The van der Waals surface area contributed by atoms with E-state index < -0.39 is 10.0 Å². The fraction of sp³-hybridized carbons (Fsp3) is 0.462. The van der Waals surface area contributed by atoms with E-state index in [1.807, 2.05) is 0 Å². The third kappa shape index (κ3) is 3.49. The van der Waals surface area contributed by atoms with Gasteiger partial charge in [0.25, 0.3) is 0 Å². The Balaban J connectivity index is 2.00. The molecule has 2 rings (SSSR count). The zero-order chi connectivity index (χ0) is 14.8. The molecule has 1 aliphatic carbocycles. The predicted octanol–water partition coefficient (Wildman–Crippen LogP) is 0.591. The summed E-state index contributed by atoms with van der Waals surface area (Å²) >= 11 is 0. The summed E-state index contributed by atoms with van der Waals surface area (Å²) < 4.78 is 27.0. The molecule has 5 N–H and O–H groups in total. The number of primary amides is 1. The fourth-order valence-electron chi connectivity index (χ4n) is 2.43. The average molecular weight is 297 g/mol. The molecule has 0 aliphatic heterocycles. The number of nitrogens with one attached hydrogen (secondary N) is 1. The maximum Gasteiger partial charge on any atom is 0.240 e. The molecule has 0 unspecified atom stereocenters. The summed E-state index contributed by atoms with van der Waals surface area (Å²) in [6.07, 6.45) is 2.51. The van der Waals surface area contributed by atoms with Gasteiger partial charge < -0.3 is 11.5 Å². The van der Waals surface area contributed by atoms with Crippen LogP contribution in [0.25, 0.3) is 0 Å². The topological polar surface area (TPSA) is 115 Å². The number of benzene rings is 1. The van der Waals surface area contributed by atoms with E-state index in [-0.39, 0.29) is 22.8 Å². The number of hydrogen-bond acceptors (Lipinski definition) is 4. The number of rotatable bonds is 4. The lowest BCUT2D eigenvalue weighted by atomic mass is 9.86. The van der Waals surface area contributed by atoms with Crippen LogP contribution < -0.4 is 16.2 Å². The Hall–Kier alpha value is -1.60. The monoisotopic (exact) mass is 297 g/mol. The van der Waals surface area contributed by atoms with Crippen molar-refractivity contribution >= 4 is 21.6 Å². The van der Waals surface area contributed by atoms with Crippen LogP contribution in [0.2, 0.25) is 0 Å². The lowest BCUT2D eigenvalue weighted by Crippen LogP contribution is -2.39. The third-order valence-corrected chi connectivity index (χ3v) is 5.18. The molecule has 0 spiro atoms. The van der Waals surface area contributed by atoms with Gasteiger partial charge in [-0.25, -0.2) is 13.1 Å². The lowest BCUT2D eigenvalue weighted by Gasteiger charge is -2.27. The van der Waals surface area contributed by atoms with E-state index in [9.17, 15) is 13.2 Å². The molecule has 20 heavy (non-hydrogen) atoms. The number of carbonyl (C=O) groups is 1. The first-order chi connectivity index (χ1) is 9.38. The number of amides is 1. The van der Waals surface area contributed by atoms with Crippen LogP contribution in [0, 0.1) is 5.92 Å². The van der Waals surface area contributed by atoms with Crippen LogP contribution in [0.3, 0.4) is 0 Å². The van der Waals surface area contributed by atoms with Crippen molar-refractivity contribution in [2.75, 3.05) is 5.73 Å². The highest BCUT2D eigenvalue weighted by Gasteiger charge is 2.27. The number of anilines is 1. The molecule has 0 bridgehead atoms. The van der Waals surface area contributed by atoms with Crippen LogP contribution in [0.15, 0.2) is 29.2 Å². The van der Waals surface area contributed by atoms with Crippen molar-refractivity contribution in [2.24, 2.45) is 11.7 Å². The van der Waals surface area contributed by atoms with E-state index in [2.05, 4.69) is 4.72 Å². The number of sulfonamides is 1. The summed E-state index contributed by atoms with van der Waals surface area (Å²) in [5.74, 6) is -0.433.